The molecule has 1 fully saturated rings. The van der Waals surface area contributed by atoms with Gasteiger partial charge >= 0.3 is 5.97 Å². The summed E-state index contributed by atoms with van der Waals surface area (Å²) in [6.45, 7) is 3.85. The third-order valence-electron chi connectivity index (χ3n) is 1.08. The zero-order valence-corrected chi connectivity index (χ0v) is 9.17. The maximum absolute atomic E-state index is 10.1. The Labute approximate surface area is 93.3 Å². The quantitative estimate of drug-likeness (QED) is 0.432. The van der Waals surface area contributed by atoms with E-state index in [1.807, 2.05) is 0 Å². The zero-order chi connectivity index (χ0) is 8.69. The Morgan fingerprint density at radius 2 is 2.17 bits per heavy atom. The van der Waals surface area contributed by atoms with Crippen LogP contribution >= 0.6 is 0 Å². The van der Waals surface area contributed by atoms with Gasteiger partial charge in [0.2, 0.25) is 5.91 Å². The summed E-state index contributed by atoms with van der Waals surface area (Å²) in [7, 11) is 0. The second kappa shape index (κ2) is 8.77. The van der Waals surface area contributed by atoms with E-state index < -0.39 is 5.97 Å². The maximum Gasteiger partial charge on any atom is 0.327 e. The fourth-order valence-electron chi connectivity index (χ4n) is 0.565. The first kappa shape index (κ1) is 14.2. The van der Waals surface area contributed by atoms with Gasteiger partial charge in [0.25, 0.3) is 0 Å². The summed E-state index contributed by atoms with van der Waals surface area (Å²) >= 11 is 0. The number of hydrogen-bond acceptors (Lipinski definition) is 2. The van der Waals surface area contributed by atoms with Gasteiger partial charge in [-0.3, -0.25) is 4.79 Å². The molecule has 1 saturated heterocycles. The van der Waals surface area contributed by atoms with Crippen LogP contribution in [0.3, 0.4) is 0 Å². The average molecular weight is 180 g/mol. The van der Waals surface area contributed by atoms with Gasteiger partial charge in [-0.05, 0) is 6.42 Å². The van der Waals surface area contributed by atoms with E-state index in [1.165, 1.54) is 0 Å². The molecule has 0 saturated carbocycles. The maximum atomic E-state index is 10.1. The fraction of sp³-hybridized carbons (Fsp3) is 0.429. The summed E-state index contributed by atoms with van der Waals surface area (Å²) < 4.78 is 0. The van der Waals surface area contributed by atoms with Crippen LogP contribution in [0.15, 0.2) is 12.7 Å². The van der Waals surface area contributed by atoms with Crippen molar-refractivity contribution in [3.63, 3.8) is 0 Å². The topological polar surface area (TPSA) is 66.4 Å². The Morgan fingerprint density at radius 1 is 1.67 bits per heavy atom. The predicted molar refractivity (Wildman–Crippen MR) is 45.8 cm³/mol. The van der Waals surface area contributed by atoms with E-state index in [-0.39, 0.29) is 35.5 Å². The van der Waals surface area contributed by atoms with Crippen LogP contribution in [0.5, 0.6) is 0 Å². The van der Waals surface area contributed by atoms with Gasteiger partial charge < -0.3 is 10.4 Å². The summed E-state index contributed by atoms with van der Waals surface area (Å²) in [6, 6.07) is 0. The summed E-state index contributed by atoms with van der Waals surface area (Å²) in [5.41, 5.74) is 0. The Bertz CT molecular complexity index is 162. The molecule has 0 aliphatic carbocycles. The van der Waals surface area contributed by atoms with Crippen molar-refractivity contribution in [1.82, 2.24) is 5.32 Å². The molecule has 0 aromatic heterocycles. The predicted octanol–water partition coefficient (Wildman–Crippen LogP) is -0.227. The second-order valence-corrected chi connectivity index (χ2v) is 2.00. The van der Waals surface area contributed by atoms with Gasteiger partial charge in [0.15, 0.2) is 0 Å². The molecule has 0 aromatic rings. The molecule has 1 radical (unpaired) electrons. The van der Waals surface area contributed by atoms with E-state index in [4.69, 9.17) is 5.11 Å². The van der Waals surface area contributed by atoms with Crippen molar-refractivity contribution in [2.75, 3.05) is 6.54 Å². The molecule has 63 valence electrons. The number of rotatable bonds is 1. The van der Waals surface area contributed by atoms with Crippen molar-refractivity contribution < 1.29 is 14.7 Å². The number of carboxylic acids is 1. The molecule has 1 amide bonds. The molecule has 2 N–H and O–H groups in total. The molecule has 1 aliphatic rings. The molecular weight excluding hydrogens is 169 g/mol. The number of nitrogens with one attached hydrogen (secondary N) is 1. The summed E-state index contributed by atoms with van der Waals surface area (Å²) in [6.07, 6.45) is 2.60. The van der Waals surface area contributed by atoms with Crippen molar-refractivity contribution in [2.24, 2.45) is 0 Å². The largest absolute Gasteiger partial charge is 0.478 e. The van der Waals surface area contributed by atoms with Crippen molar-refractivity contribution >= 4 is 41.4 Å². The van der Waals surface area contributed by atoms with Gasteiger partial charge in [-0.15, -0.1) is 0 Å². The van der Waals surface area contributed by atoms with E-state index in [0.717, 1.165) is 25.5 Å². The van der Waals surface area contributed by atoms with Crippen molar-refractivity contribution in [2.45, 2.75) is 12.8 Å². The number of aliphatic carboxylic acids is 1. The number of amides is 1. The zero-order valence-electron chi connectivity index (χ0n) is 7.17. The molecule has 1 rings (SSSR count). The van der Waals surface area contributed by atoms with E-state index in [9.17, 15) is 9.59 Å². The van der Waals surface area contributed by atoms with Gasteiger partial charge in [0.1, 0.15) is 0 Å². The average Bonchev–Trinajstić information content (AvgIpc) is 2.41. The van der Waals surface area contributed by atoms with Gasteiger partial charge in [-0.2, -0.15) is 0 Å². The molecule has 4 nitrogen and oxygen atoms in total. The number of carboxylic acid groups (broad SMARTS) is 1. The van der Waals surface area contributed by atoms with Gasteiger partial charge in [-0.1, -0.05) is 6.58 Å². The molecule has 12 heavy (non-hydrogen) atoms. The SMILES string of the molecule is C=CC(=O)O.O=C1CCCN1.[Na]. The van der Waals surface area contributed by atoms with E-state index in [0.29, 0.717) is 0 Å². The number of carbonyl (C=O) groups is 2. The first-order chi connectivity index (χ1) is 5.16. The van der Waals surface area contributed by atoms with E-state index in [1.54, 1.807) is 0 Å². The van der Waals surface area contributed by atoms with Crippen LogP contribution < -0.4 is 5.32 Å². The van der Waals surface area contributed by atoms with Gasteiger partial charge in [0.05, 0.1) is 0 Å². The molecule has 0 unspecified atom stereocenters. The van der Waals surface area contributed by atoms with Crippen molar-refractivity contribution in [3.8, 4) is 0 Å². The van der Waals surface area contributed by atoms with Crippen LogP contribution in [-0.4, -0.2) is 53.1 Å². The summed E-state index contributed by atoms with van der Waals surface area (Å²) in [5, 5.41) is 10.3. The first-order valence-electron chi connectivity index (χ1n) is 3.29. The van der Waals surface area contributed by atoms with E-state index >= 15 is 0 Å². The molecule has 0 atom stereocenters. The van der Waals surface area contributed by atoms with Crippen LogP contribution in [0.2, 0.25) is 0 Å². The van der Waals surface area contributed by atoms with E-state index in [2.05, 4.69) is 11.9 Å². The monoisotopic (exact) mass is 180 g/mol. The Hall–Kier alpha value is -0.320. The molecule has 1 aliphatic heterocycles. The summed E-state index contributed by atoms with van der Waals surface area (Å²) in [5.74, 6) is -0.778. The molecule has 0 bridgehead atoms. The van der Waals surface area contributed by atoms with Crippen molar-refractivity contribution in [3.05, 3.63) is 12.7 Å². The number of hydrogen-bond donors (Lipinski definition) is 2. The minimum Gasteiger partial charge on any atom is -0.478 e. The molecule has 0 aromatic carbocycles. The molecular formula is C7H11NNaO3. The molecule has 0 spiro atoms. The standard InChI is InChI=1S/C4H7NO.C3H4O2.Na/c6-4-2-1-3-5-4;1-2-3(4)5;/h1-3H2,(H,5,6);2H,1H2,(H,4,5);. The smallest absolute Gasteiger partial charge is 0.327 e. The van der Waals surface area contributed by atoms with Crippen LogP contribution in [-0.2, 0) is 9.59 Å². The Kier molecular flexibility index (Phi) is 10.4. The molecule has 1 heterocycles. The first-order valence-corrected chi connectivity index (χ1v) is 3.29. The van der Waals surface area contributed by atoms with Crippen LogP contribution in [0.25, 0.3) is 0 Å². The van der Waals surface area contributed by atoms with Gasteiger partial charge in [-0.25, -0.2) is 4.79 Å². The summed E-state index contributed by atoms with van der Waals surface area (Å²) in [4.78, 5) is 19.4. The third kappa shape index (κ3) is 9.68. The second-order valence-electron chi connectivity index (χ2n) is 2.00. The Morgan fingerprint density at radius 3 is 2.25 bits per heavy atom. The molecule has 5 heteroatoms. The number of carbonyl (C=O) groups excluding carboxylic acids is 1. The fourth-order valence-corrected chi connectivity index (χ4v) is 0.565. The Balaban J connectivity index is 0. The van der Waals surface area contributed by atoms with Crippen molar-refractivity contribution in [1.29, 1.82) is 0 Å². The van der Waals surface area contributed by atoms with Crippen LogP contribution in [0, 0.1) is 0 Å². The normalized spacial score (nSPS) is 13.2. The minimum absolute atomic E-state index is 0. The third-order valence-corrected chi connectivity index (χ3v) is 1.08. The van der Waals surface area contributed by atoms with Gasteiger partial charge in [0, 0.05) is 48.6 Å². The van der Waals surface area contributed by atoms with Crippen LogP contribution in [0.1, 0.15) is 12.8 Å². The minimum atomic E-state index is -0.981. The van der Waals surface area contributed by atoms with Crippen LogP contribution in [0.4, 0.5) is 0 Å².